The highest BCUT2D eigenvalue weighted by molar-refractivity contribution is 7.21. The van der Waals surface area contributed by atoms with E-state index in [0.717, 1.165) is 38.0 Å². The number of nitrogens with one attached hydrogen (secondary N) is 1. The van der Waals surface area contributed by atoms with Crippen LogP contribution in [0.1, 0.15) is 17.9 Å². The lowest BCUT2D eigenvalue weighted by Gasteiger charge is -2.17. The number of aryl methyl sites for hydroxylation is 3. The first kappa shape index (κ1) is 18.7. The summed E-state index contributed by atoms with van der Waals surface area (Å²) in [6.07, 6.45) is 0.712. The van der Waals surface area contributed by atoms with Crippen LogP contribution in [0, 0.1) is 13.8 Å². The lowest BCUT2D eigenvalue weighted by atomic mass is 10.2. The number of hydrogen-bond donors (Lipinski definition) is 1. The minimum Gasteiger partial charge on any atom is -0.358 e. The fourth-order valence-corrected chi connectivity index (χ4v) is 5.02. The van der Waals surface area contributed by atoms with E-state index in [1.165, 1.54) is 0 Å². The Labute approximate surface area is 178 Å². The van der Waals surface area contributed by atoms with Gasteiger partial charge in [0.05, 0.1) is 11.1 Å². The topological polar surface area (TPSA) is 75.9 Å². The highest BCUT2D eigenvalue weighted by Crippen LogP contribution is 2.36. The predicted molar refractivity (Wildman–Crippen MR) is 120 cm³/mol. The largest absolute Gasteiger partial charge is 0.358 e. The molecule has 5 rings (SSSR count). The maximum atomic E-state index is 13.1. The average Bonchev–Trinajstić information content (AvgIpc) is 3.40. The summed E-state index contributed by atoms with van der Waals surface area (Å²) >= 11 is 1.64. The summed E-state index contributed by atoms with van der Waals surface area (Å²) in [5.41, 5.74) is 2.05. The molecule has 0 saturated carbocycles. The van der Waals surface area contributed by atoms with E-state index in [1.54, 1.807) is 20.9 Å². The van der Waals surface area contributed by atoms with Gasteiger partial charge in [-0.3, -0.25) is 14.4 Å². The molecule has 1 aromatic carbocycles. The maximum Gasteiger partial charge on any atom is 0.250 e. The van der Waals surface area contributed by atoms with Crippen molar-refractivity contribution >= 4 is 39.1 Å². The van der Waals surface area contributed by atoms with Crippen LogP contribution >= 0.6 is 11.3 Å². The second kappa shape index (κ2) is 7.21. The molecule has 1 fully saturated rings. The number of fused-ring (bicyclic) bond motifs is 1. The van der Waals surface area contributed by atoms with E-state index in [1.807, 2.05) is 45.2 Å². The number of anilines is 2. The van der Waals surface area contributed by atoms with Gasteiger partial charge >= 0.3 is 0 Å². The van der Waals surface area contributed by atoms with Crippen molar-refractivity contribution in [2.75, 3.05) is 16.8 Å². The van der Waals surface area contributed by atoms with Crippen LogP contribution in [-0.2, 0) is 11.8 Å². The molecule has 1 aliphatic rings. The van der Waals surface area contributed by atoms with Crippen LogP contribution in [0.25, 0.3) is 20.7 Å². The molecule has 1 amide bonds. The summed E-state index contributed by atoms with van der Waals surface area (Å²) in [5, 5.41) is 8.72. The normalized spacial score (nSPS) is 16.6. The van der Waals surface area contributed by atoms with Crippen molar-refractivity contribution in [1.82, 2.24) is 19.7 Å². The van der Waals surface area contributed by atoms with Gasteiger partial charge in [-0.25, -0.2) is 9.97 Å². The minimum absolute atomic E-state index is 0.0425. The van der Waals surface area contributed by atoms with E-state index in [9.17, 15) is 4.79 Å². The van der Waals surface area contributed by atoms with E-state index in [2.05, 4.69) is 38.6 Å². The number of rotatable bonds is 4. The Balaban J connectivity index is 1.46. The zero-order valence-corrected chi connectivity index (χ0v) is 17.9. The molecule has 4 heterocycles. The van der Waals surface area contributed by atoms with Gasteiger partial charge in [0, 0.05) is 24.5 Å². The fraction of sp³-hybridized carbons (Fsp3) is 0.273. The molecular weight excluding hydrogens is 396 g/mol. The summed E-state index contributed by atoms with van der Waals surface area (Å²) in [4.78, 5) is 26.2. The summed E-state index contributed by atoms with van der Waals surface area (Å²) in [6, 6.07) is 14.0. The van der Waals surface area contributed by atoms with Crippen LogP contribution in [0.5, 0.6) is 0 Å². The molecule has 4 aromatic rings. The number of aromatic nitrogens is 4. The third-order valence-corrected chi connectivity index (χ3v) is 6.41. The Morgan fingerprint density at radius 3 is 2.67 bits per heavy atom. The number of amides is 1. The highest BCUT2D eigenvalue weighted by atomic mass is 32.1. The van der Waals surface area contributed by atoms with E-state index in [4.69, 9.17) is 0 Å². The van der Waals surface area contributed by atoms with Crippen molar-refractivity contribution in [1.29, 1.82) is 0 Å². The number of carbonyl (C=O) groups excluding carboxylic acids is 1. The molecule has 0 spiro atoms. The van der Waals surface area contributed by atoms with E-state index in [0.29, 0.717) is 18.8 Å². The molecule has 0 radical (unpaired) electrons. The third-order valence-electron chi connectivity index (χ3n) is 5.33. The molecule has 3 aromatic heterocycles. The summed E-state index contributed by atoms with van der Waals surface area (Å²) < 4.78 is 1.76. The smallest absolute Gasteiger partial charge is 0.250 e. The van der Waals surface area contributed by atoms with Crippen molar-refractivity contribution in [2.45, 2.75) is 26.3 Å². The zero-order chi connectivity index (χ0) is 20.8. The first-order valence-electron chi connectivity index (χ1n) is 9.92. The number of carbonyl (C=O) groups is 1. The lowest BCUT2D eigenvalue weighted by Crippen LogP contribution is -2.34. The van der Waals surface area contributed by atoms with E-state index < -0.39 is 0 Å². The van der Waals surface area contributed by atoms with Gasteiger partial charge in [-0.15, -0.1) is 11.3 Å². The average molecular weight is 419 g/mol. The Kier molecular flexibility index (Phi) is 4.51. The molecule has 1 saturated heterocycles. The van der Waals surface area contributed by atoms with Crippen molar-refractivity contribution < 1.29 is 4.79 Å². The SMILES string of the molecule is Cc1cc(N2CCC(Nc3nc(C)nc4sc(-c5ccccc5)cc34)C2=O)n(C)n1. The van der Waals surface area contributed by atoms with Crippen LogP contribution in [0.3, 0.4) is 0 Å². The Morgan fingerprint density at radius 1 is 1.13 bits per heavy atom. The number of nitrogens with zero attached hydrogens (tertiary/aromatic N) is 5. The fourth-order valence-electron chi connectivity index (χ4n) is 3.94. The lowest BCUT2D eigenvalue weighted by molar-refractivity contribution is -0.117. The first-order valence-corrected chi connectivity index (χ1v) is 10.7. The van der Waals surface area contributed by atoms with Crippen LogP contribution in [-0.4, -0.2) is 38.2 Å². The van der Waals surface area contributed by atoms with Crippen LogP contribution in [0.4, 0.5) is 11.6 Å². The van der Waals surface area contributed by atoms with Crippen LogP contribution in [0.15, 0.2) is 42.5 Å². The van der Waals surface area contributed by atoms with Gasteiger partial charge in [-0.1, -0.05) is 30.3 Å². The number of hydrogen-bond acceptors (Lipinski definition) is 6. The molecule has 1 atom stereocenters. The van der Waals surface area contributed by atoms with Gasteiger partial charge < -0.3 is 5.32 Å². The zero-order valence-electron chi connectivity index (χ0n) is 17.1. The van der Waals surface area contributed by atoms with Crippen molar-refractivity contribution in [2.24, 2.45) is 7.05 Å². The monoisotopic (exact) mass is 418 g/mol. The van der Waals surface area contributed by atoms with E-state index in [-0.39, 0.29) is 11.9 Å². The Morgan fingerprint density at radius 2 is 1.93 bits per heavy atom. The summed E-state index contributed by atoms with van der Waals surface area (Å²) in [5.74, 6) is 2.28. The Hall–Kier alpha value is -3.26. The van der Waals surface area contributed by atoms with Gasteiger partial charge in [0.2, 0.25) is 0 Å². The molecule has 1 N–H and O–H groups in total. The quantitative estimate of drug-likeness (QED) is 0.544. The Bertz CT molecular complexity index is 1250. The number of benzene rings is 1. The third kappa shape index (κ3) is 3.23. The van der Waals surface area contributed by atoms with Crippen molar-refractivity contribution in [3.05, 3.63) is 54.0 Å². The minimum atomic E-state index is -0.321. The van der Waals surface area contributed by atoms with Gasteiger partial charge in [-0.2, -0.15) is 5.10 Å². The van der Waals surface area contributed by atoms with Gasteiger partial charge in [-0.05, 0) is 31.9 Å². The summed E-state index contributed by atoms with van der Waals surface area (Å²) in [7, 11) is 1.87. The number of thiophene rings is 1. The second-order valence-electron chi connectivity index (χ2n) is 7.56. The standard InChI is InChI=1S/C22H22N6OS/c1-13-11-19(27(3)26-13)28-10-9-17(22(28)29)25-20-16-12-18(15-7-5-4-6-8-15)30-21(16)24-14(2)23-20/h4-8,11-12,17H,9-10H2,1-3H3,(H,23,24,25). The highest BCUT2D eigenvalue weighted by Gasteiger charge is 2.34. The molecule has 7 nitrogen and oxygen atoms in total. The molecule has 0 bridgehead atoms. The predicted octanol–water partition coefficient (Wildman–Crippen LogP) is 3.93. The van der Waals surface area contributed by atoms with E-state index >= 15 is 0 Å². The molecule has 152 valence electrons. The first-order chi connectivity index (χ1) is 14.5. The van der Waals surface area contributed by atoms with Gasteiger partial charge in [0.1, 0.15) is 28.3 Å². The molecule has 30 heavy (non-hydrogen) atoms. The molecule has 1 unspecified atom stereocenters. The van der Waals surface area contributed by atoms with Gasteiger partial charge in [0.25, 0.3) is 5.91 Å². The molecule has 1 aliphatic heterocycles. The van der Waals surface area contributed by atoms with Crippen LogP contribution in [0.2, 0.25) is 0 Å². The van der Waals surface area contributed by atoms with Crippen molar-refractivity contribution in [3.63, 3.8) is 0 Å². The second-order valence-corrected chi connectivity index (χ2v) is 8.59. The summed E-state index contributed by atoms with van der Waals surface area (Å²) in [6.45, 7) is 4.47. The molecule has 8 heteroatoms. The van der Waals surface area contributed by atoms with Crippen molar-refractivity contribution in [3.8, 4) is 10.4 Å². The maximum absolute atomic E-state index is 13.1. The molecular formula is C22H22N6OS. The van der Waals surface area contributed by atoms with Gasteiger partial charge in [0.15, 0.2) is 0 Å². The van der Waals surface area contributed by atoms with Crippen LogP contribution < -0.4 is 10.2 Å². The molecule has 0 aliphatic carbocycles.